The molecule has 0 aliphatic carbocycles. The molecule has 40 heavy (non-hydrogen) atoms. The molecule has 0 aromatic heterocycles. The van der Waals surface area contributed by atoms with Crippen LogP contribution in [0.4, 0.5) is 11.4 Å². The van der Waals surface area contributed by atoms with E-state index in [9.17, 15) is 28.1 Å². The molecule has 1 atom stereocenters. The van der Waals surface area contributed by atoms with Gasteiger partial charge in [-0.15, -0.1) is 0 Å². The summed E-state index contributed by atoms with van der Waals surface area (Å²) in [5, 5.41) is 14.2. The van der Waals surface area contributed by atoms with E-state index in [2.05, 4.69) is 5.32 Å². The molecule has 1 N–H and O–H groups in total. The minimum Gasteiger partial charge on any atom is -0.352 e. The first-order chi connectivity index (χ1) is 18.8. The van der Waals surface area contributed by atoms with E-state index in [1.54, 1.807) is 0 Å². The Balaban J connectivity index is 2.07. The molecule has 0 aliphatic rings. The van der Waals surface area contributed by atoms with Crippen LogP contribution < -0.4 is 9.62 Å². The van der Waals surface area contributed by atoms with E-state index < -0.39 is 33.4 Å². The predicted molar refractivity (Wildman–Crippen MR) is 154 cm³/mol. The van der Waals surface area contributed by atoms with Crippen LogP contribution in [0, 0.1) is 17.0 Å². The van der Waals surface area contributed by atoms with E-state index >= 15 is 0 Å². The fraction of sp³-hybridized carbons (Fsp3) is 0.310. The van der Waals surface area contributed by atoms with Crippen molar-refractivity contribution in [2.45, 2.75) is 45.8 Å². The molecule has 11 heteroatoms. The highest BCUT2D eigenvalue weighted by Crippen LogP contribution is 2.24. The van der Waals surface area contributed by atoms with E-state index in [1.807, 2.05) is 75.4 Å². The van der Waals surface area contributed by atoms with Gasteiger partial charge < -0.3 is 10.2 Å². The van der Waals surface area contributed by atoms with Crippen molar-refractivity contribution in [2.75, 3.05) is 17.1 Å². The van der Waals surface area contributed by atoms with E-state index in [4.69, 9.17) is 0 Å². The largest absolute Gasteiger partial charge is 0.352 e. The van der Waals surface area contributed by atoms with Crippen molar-refractivity contribution in [2.24, 2.45) is 0 Å². The number of hydrogen-bond donors (Lipinski definition) is 1. The highest BCUT2D eigenvalue weighted by Gasteiger charge is 2.33. The molecular formula is C29H34N4O6S. The minimum atomic E-state index is -4.03. The third kappa shape index (κ3) is 8.37. The number of nitrogens with zero attached hydrogens (tertiary/aromatic N) is 3. The lowest BCUT2D eigenvalue weighted by molar-refractivity contribution is -0.384. The molecule has 0 spiro atoms. The lowest BCUT2D eigenvalue weighted by Gasteiger charge is -2.34. The second-order valence-electron chi connectivity index (χ2n) is 9.92. The van der Waals surface area contributed by atoms with Crippen LogP contribution in [-0.4, -0.2) is 54.9 Å². The maximum Gasteiger partial charge on any atom is 0.271 e. The Hall–Kier alpha value is -4.25. The van der Waals surface area contributed by atoms with Crippen LogP contribution in [0.25, 0.3) is 0 Å². The van der Waals surface area contributed by atoms with Crippen LogP contribution in [0.1, 0.15) is 30.5 Å². The van der Waals surface area contributed by atoms with E-state index in [1.165, 1.54) is 23.1 Å². The molecule has 212 valence electrons. The van der Waals surface area contributed by atoms with Gasteiger partial charge in [-0.3, -0.25) is 24.0 Å². The zero-order chi connectivity index (χ0) is 29.4. The lowest BCUT2D eigenvalue weighted by Crippen LogP contribution is -2.54. The van der Waals surface area contributed by atoms with E-state index in [0.29, 0.717) is 0 Å². The normalized spacial score (nSPS) is 12.0. The second-order valence-corrected chi connectivity index (χ2v) is 11.8. The Labute approximate surface area is 234 Å². The topological polar surface area (TPSA) is 130 Å². The molecule has 2 amide bonds. The van der Waals surface area contributed by atoms with Gasteiger partial charge in [-0.05, 0) is 38.0 Å². The smallest absolute Gasteiger partial charge is 0.271 e. The Bertz CT molecular complexity index is 1440. The summed E-state index contributed by atoms with van der Waals surface area (Å²) in [6.45, 7) is 4.97. The lowest BCUT2D eigenvalue weighted by atomic mass is 10.0. The maximum absolute atomic E-state index is 14.0. The first-order valence-corrected chi connectivity index (χ1v) is 14.6. The summed E-state index contributed by atoms with van der Waals surface area (Å²) >= 11 is 0. The van der Waals surface area contributed by atoms with Crippen molar-refractivity contribution >= 4 is 33.2 Å². The van der Waals surface area contributed by atoms with Crippen molar-refractivity contribution in [3.63, 3.8) is 0 Å². The molecule has 3 aromatic rings. The van der Waals surface area contributed by atoms with Crippen LogP contribution in [-0.2, 0) is 32.6 Å². The molecule has 0 bridgehead atoms. The van der Waals surface area contributed by atoms with E-state index in [-0.39, 0.29) is 36.3 Å². The molecule has 0 saturated heterocycles. The Morgan fingerprint density at radius 3 is 2.17 bits per heavy atom. The first-order valence-electron chi connectivity index (χ1n) is 12.8. The molecule has 3 rings (SSSR count). The number of amides is 2. The first kappa shape index (κ1) is 30.3. The maximum atomic E-state index is 14.0. The number of hydrogen-bond acceptors (Lipinski definition) is 6. The van der Waals surface area contributed by atoms with Crippen molar-refractivity contribution in [1.29, 1.82) is 0 Å². The van der Waals surface area contributed by atoms with Crippen molar-refractivity contribution < 1.29 is 22.9 Å². The summed E-state index contributed by atoms with van der Waals surface area (Å²) in [4.78, 5) is 39.6. The third-order valence-electron chi connectivity index (χ3n) is 6.18. The molecule has 0 aliphatic heterocycles. The number of carbonyl (C=O) groups excluding carboxylic acids is 2. The average molecular weight is 567 g/mol. The average Bonchev–Trinajstić information content (AvgIpc) is 2.89. The Morgan fingerprint density at radius 1 is 0.950 bits per heavy atom. The second kappa shape index (κ2) is 13.2. The summed E-state index contributed by atoms with van der Waals surface area (Å²) in [6, 6.07) is 20.7. The molecule has 0 fully saturated rings. The summed E-state index contributed by atoms with van der Waals surface area (Å²) in [5.74, 6) is -1.00. The minimum absolute atomic E-state index is 0.0217. The van der Waals surface area contributed by atoms with Gasteiger partial charge >= 0.3 is 0 Å². The Kier molecular flexibility index (Phi) is 10.0. The number of nitro groups is 1. The monoisotopic (exact) mass is 566 g/mol. The number of anilines is 1. The SMILES string of the molecule is Cc1ccc(CN(C(=O)CN(c2cccc([N+](=O)[O-])c2)S(C)(=O)=O)[C@@H](Cc2ccccc2)C(=O)NC(C)C)cc1. The van der Waals surface area contributed by atoms with Gasteiger partial charge in [-0.1, -0.05) is 66.2 Å². The third-order valence-corrected chi connectivity index (χ3v) is 7.32. The fourth-order valence-corrected chi connectivity index (χ4v) is 5.04. The quantitative estimate of drug-likeness (QED) is 0.262. The number of nitrogens with one attached hydrogen (secondary N) is 1. The molecule has 10 nitrogen and oxygen atoms in total. The summed E-state index contributed by atoms with van der Waals surface area (Å²) in [5.41, 5.74) is 2.27. The molecule has 0 unspecified atom stereocenters. The van der Waals surface area contributed by atoms with Gasteiger partial charge in [0.05, 0.1) is 16.9 Å². The molecule has 0 radical (unpaired) electrons. The summed E-state index contributed by atoms with van der Waals surface area (Å²) in [6.07, 6.45) is 1.13. The van der Waals surface area contributed by atoms with Crippen LogP contribution in [0.3, 0.4) is 0 Å². The van der Waals surface area contributed by atoms with Gasteiger partial charge in [-0.25, -0.2) is 8.42 Å². The summed E-state index contributed by atoms with van der Waals surface area (Å²) < 4.78 is 26.5. The van der Waals surface area contributed by atoms with Crippen molar-refractivity contribution in [3.8, 4) is 0 Å². The zero-order valence-electron chi connectivity index (χ0n) is 23.0. The Morgan fingerprint density at radius 2 is 1.60 bits per heavy atom. The van der Waals surface area contributed by atoms with Gasteiger partial charge in [0.2, 0.25) is 21.8 Å². The number of sulfonamides is 1. The molecule has 0 saturated carbocycles. The number of non-ortho nitro benzene ring substituents is 1. The van der Waals surface area contributed by atoms with E-state index in [0.717, 1.165) is 33.3 Å². The summed E-state index contributed by atoms with van der Waals surface area (Å²) in [7, 11) is -4.03. The highest BCUT2D eigenvalue weighted by atomic mass is 32.2. The number of benzene rings is 3. The molecule has 3 aromatic carbocycles. The standard InChI is InChI=1S/C29H34N4O6S/c1-21(2)30-29(35)27(17-23-9-6-5-7-10-23)31(19-24-15-13-22(3)14-16-24)28(34)20-32(40(4,38)39)25-11-8-12-26(18-25)33(36)37/h5-16,18,21,27H,17,19-20H2,1-4H3,(H,30,35)/t27-/m0/s1. The van der Waals surface area contributed by atoms with Gasteiger partial charge in [0.1, 0.15) is 12.6 Å². The highest BCUT2D eigenvalue weighted by molar-refractivity contribution is 7.92. The molecular weight excluding hydrogens is 532 g/mol. The fourth-order valence-electron chi connectivity index (χ4n) is 4.20. The molecule has 0 heterocycles. The van der Waals surface area contributed by atoms with Crippen LogP contribution in [0.5, 0.6) is 0 Å². The number of nitro benzene ring substituents is 1. The van der Waals surface area contributed by atoms with Crippen LogP contribution in [0.2, 0.25) is 0 Å². The predicted octanol–water partition coefficient (Wildman–Crippen LogP) is 3.83. The zero-order valence-corrected chi connectivity index (χ0v) is 23.8. The van der Waals surface area contributed by atoms with Crippen molar-refractivity contribution in [1.82, 2.24) is 10.2 Å². The van der Waals surface area contributed by atoms with Crippen LogP contribution >= 0.6 is 0 Å². The van der Waals surface area contributed by atoms with Gasteiger partial charge in [0, 0.05) is 31.1 Å². The number of carbonyl (C=O) groups is 2. The van der Waals surface area contributed by atoms with Gasteiger partial charge in [0.15, 0.2) is 0 Å². The van der Waals surface area contributed by atoms with Gasteiger partial charge in [-0.2, -0.15) is 0 Å². The number of rotatable bonds is 12. The van der Waals surface area contributed by atoms with Gasteiger partial charge in [0.25, 0.3) is 5.69 Å². The van der Waals surface area contributed by atoms with Crippen molar-refractivity contribution in [3.05, 3.63) is 106 Å². The van der Waals surface area contributed by atoms with Crippen LogP contribution in [0.15, 0.2) is 78.9 Å². The number of aryl methyl sites for hydroxylation is 1.